The van der Waals surface area contributed by atoms with Gasteiger partial charge >= 0.3 is 0 Å². The molecule has 0 N–H and O–H groups in total. The number of ether oxygens (including phenoxy) is 1. The summed E-state index contributed by atoms with van der Waals surface area (Å²) in [6.45, 7) is 2.75. The second-order valence-corrected chi connectivity index (χ2v) is 8.48. The zero-order valence-corrected chi connectivity index (χ0v) is 19.0. The number of halogens is 2. The SMILES string of the molecule is CCCCOc1ccc([C@@H]2[C@H](CCC(=O)c3ccc(F)cc3)C(=O)N2c2ccc(F)cc2)cc1. The lowest BCUT2D eigenvalue weighted by Crippen LogP contribution is -2.55. The average Bonchev–Trinajstić information content (AvgIpc) is 2.85. The number of rotatable bonds is 10. The van der Waals surface area contributed by atoms with E-state index in [-0.39, 0.29) is 35.9 Å². The van der Waals surface area contributed by atoms with Gasteiger partial charge in [-0.2, -0.15) is 0 Å². The molecule has 3 aromatic rings. The summed E-state index contributed by atoms with van der Waals surface area (Å²) in [7, 11) is 0. The zero-order chi connectivity index (χ0) is 24.1. The highest BCUT2D eigenvalue weighted by Gasteiger charge is 2.48. The first-order valence-electron chi connectivity index (χ1n) is 11.6. The number of Topliss-reactive ketones (excluding diaryl/α,β-unsaturated/α-hetero) is 1. The Morgan fingerprint density at radius 2 is 1.53 bits per heavy atom. The summed E-state index contributed by atoms with van der Waals surface area (Å²) in [4.78, 5) is 27.4. The molecule has 0 radical (unpaired) electrons. The Kier molecular flexibility index (Phi) is 7.36. The van der Waals surface area contributed by atoms with Crippen LogP contribution in [0.3, 0.4) is 0 Å². The van der Waals surface area contributed by atoms with Crippen molar-refractivity contribution in [1.82, 2.24) is 0 Å². The number of hydrogen-bond acceptors (Lipinski definition) is 3. The van der Waals surface area contributed by atoms with Crippen LogP contribution in [0, 0.1) is 17.6 Å². The maximum atomic E-state index is 13.5. The van der Waals surface area contributed by atoms with Gasteiger partial charge in [0.05, 0.1) is 18.6 Å². The molecule has 3 aromatic carbocycles. The molecule has 0 bridgehead atoms. The zero-order valence-electron chi connectivity index (χ0n) is 19.0. The lowest BCUT2D eigenvalue weighted by molar-refractivity contribution is -0.130. The van der Waals surface area contributed by atoms with Gasteiger partial charge in [0.25, 0.3) is 0 Å². The smallest absolute Gasteiger partial charge is 0.233 e. The lowest BCUT2D eigenvalue weighted by Gasteiger charge is -2.47. The molecule has 176 valence electrons. The predicted molar refractivity (Wildman–Crippen MR) is 127 cm³/mol. The maximum absolute atomic E-state index is 13.5. The van der Waals surface area contributed by atoms with Gasteiger partial charge in [-0.25, -0.2) is 8.78 Å². The summed E-state index contributed by atoms with van der Waals surface area (Å²) in [5.41, 5.74) is 1.96. The number of hydrogen-bond donors (Lipinski definition) is 0. The van der Waals surface area contributed by atoms with E-state index < -0.39 is 5.82 Å². The number of carbonyl (C=O) groups excluding carboxylic acids is 2. The van der Waals surface area contributed by atoms with Gasteiger partial charge < -0.3 is 9.64 Å². The van der Waals surface area contributed by atoms with Crippen molar-refractivity contribution in [2.45, 2.75) is 38.6 Å². The number of anilines is 1. The van der Waals surface area contributed by atoms with E-state index in [4.69, 9.17) is 4.74 Å². The molecule has 0 unspecified atom stereocenters. The van der Waals surface area contributed by atoms with Crippen LogP contribution in [0.2, 0.25) is 0 Å². The standard InChI is InChI=1S/C28H27F2NO3/c1-2-3-18-34-24-14-6-20(7-15-24)27-25(16-17-26(32)19-4-8-21(29)9-5-19)28(33)31(27)23-12-10-22(30)11-13-23/h4-15,25,27H,2-3,16-18H2,1H3/t25-,27+/m0/s1. The molecule has 6 heteroatoms. The molecule has 4 nitrogen and oxygen atoms in total. The Morgan fingerprint density at radius 3 is 2.15 bits per heavy atom. The van der Waals surface area contributed by atoms with Crippen molar-refractivity contribution in [3.63, 3.8) is 0 Å². The van der Waals surface area contributed by atoms with Gasteiger partial charge in [0, 0.05) is 17.7 Å². The number of amides is 1. The van der Waals surface area contributed by atoms with Crippen LogP contribution < -0.4 is 9.64 Å². The molecule has 1 aliphatic heterocycles. The van der Waals surface area contributed by atoms with Crippen molar-refractivity contribution in [1.29, 1.82) is 0 Å². The van der Waals surface area contributed by atoms with Crippen molar-refractivity contribution in [3.05, 3.63) is 95.6 Å². The van der Waals surface area contributed by atoms with E-state index in [2.05, 4.69) is 6.92 Å². The minimum Gasteiger partial charge on any atom is -0.494 e. The van der Waals surface area contributed by atoms with Crippen molar-refractivity contribution in [2.24, 2.45) is 5.92 Å². The molecular formula is C28H27F2NO3. The van der Waals surface area contributed by atoms with Gasteiger partial charge in [-0.15, -0.1) is 0 Å². The molecule has 2 atom stereocenters. The van der Waals surface area contributed by atoms with Gasteiger partial charge in [0.1, 0.15) is 17.4 Å². The van der Waals surface area contributed by atoms with Crippen LogP contribution in [0.25, 0.3) is 0 Å². The first-order valence-corrected chi connectivity index (χ1v) is 11.6. The molecule has 0 spiro atoms. The van der Waals surface area contributed by atoms with E-state index in [1.165, 1.54) is 36.4 Å². The first kappa shape index (κ1) is 23.6. The Bertz CT molecular complexity index is 1130. The average molecular weight is 464 g/mol. The first-order chi connectivity index (χ1) is 16.5. The summed E-state index contributed by atoms with van der Waals surface area (Å²) < 4.78 is 32.4. The summed E-state index contributed by atoms with van der Waals surface area (Å²) in [6.07, 6.45) is 2.56. The highest BCUT2D eigenvalue weighted by molar-refractivity contribution is 6.04. The fourth-order valence-corrected chi connectivity index (χ4v) is 4.26. The summed E-state index contributed by atoms with van der Waals surface area (Å²) in [6, 6.07) is 18.6. The van der Waals surface area contributed by atoms with Crippen LogP contribution in [0.4, 0.5) is 14.5 Å². The topological polar surface area (TPSA) is 46.6 Å². The van der Waals surface area contributed by atoms with Crippen LogP contribution in [0.1, 0.15) is 54.6 Å². The van der Waals surface area contributed by atoms with E-state index in [1.807, 2.05) is 24.3 Å². The third kappa shape index (κ3) is 5.16. The second kappa shape index (κ2) is 10.6. The van der Waals surface area contributed by atoms with Gasteiger partial charge in [0.2, 0.25) is 5.91 Å². The van der Waals surface area contributed by atoms with Crippen LogP contribution in [0.15, 0.2) is 72.8 Å². The van der Waals surface area contributed by atoms with Gasteiger partial charge in [-0.3, -0.25) is 9.59 Å². The van der Waals surface area contributed by atoms with E-state index >= 15 is 0 Å². The monoisotopic (exact) mass is 463 g/mol. The summed E-state index contributed by atoms with van der Waals surface area (Å²) in [5.74, 6) is -0.634. The highest BCUT2D eigenvalue weighted by atomic mass is 19.1. The van der Waals surface area contributed by atoms with Crippen LogP contribution in [-0.4, -0.2) is 18.3 Å². The second-order valence-electron chi connectivity index (χ2n) is 8.48. The predicted octanol–water partition coefficient (Wildman–Crippen LogP) is 6.51. The molecule has 1 amide bonds. The van der Waals surface area contributed by atoms with Crippen molar-refractivity contribution < 1.29 is 23.1 Å². The molecule has 1 fully saturated rings. The largest absolute Gasteiger partial charge is 0.494 e. The Balaban J connectivity index is 1.52. The van der Waals surface area contributed by atoms with E-state index in [0.29, 0.717) is 24.3 Å². The molecule has 34 heavy (non-hydrogen) atoms. The fourth-order valence-electron chi connectivity index (χ4n) is 4.26. The summed E-state index contributed by atoms with van der Waals surface area (Å²) >= 11 is 0. The van der Waals surface area contributed by atoms with Crippen LogP contribution >= 0.6 is 0 Å². The molecule has 1 heterocycles. The quantitative estimate of drug-likeness (QED) is 0.196. The van der Waals surface area contributed by atoms with Gasteiger partial charge in [-0.1, -0.05) is 25.5 Å². The minimum absolute atomic E-state index is 0.105. The number of carbonyl (C=O) groups is 2. The third-order valence-electron chi connectivity index (χ3n) is 6.16. The number of ketones is 1. The third-order valence-corrected chi connectivity index (χ3v) is 6.16. The normalized spacial score (nSPS) is 17.4. The van der Waals surface area contributed by atoms with E-state index in [1.54, 1.807) is 17.0 Å². The van der Waals surface area contributed by atoms with Gasteiger partial charge in [0.15, 0.2) is 5.78 Å². The summed E-state index contributed by atoms with van der Waals surface area (Å²) in [5, 5.41) is 0. The number of β-lactam (4-membered cyclic amide) rings is 1. The molecule has 0 saturated carbocycles. The molecule has 1 saturated heterocycles. The van der Waals surface area contributed by atoms with Crippen molar-refractivity contribution >= 4 is 17.4 Å². The molecule has 1 aliphatic rings. The molecular weight excluding hydrogens is 436 g/mol. The van der Waals surface area contributed by atoms with Crippen LogP contribution in [0.5, 0.6) is 5.75 Å². The maximum Gasteiger partial charge on any atom is 0.233 e. The minimum atomic E-state index is -0.400. The number of benzene rings is 3. The lowest BCUT2D eigenvalue weighted by atomic mass is 9.78. The molecule has 0 aliphatic carbocycles. The van der Waals surface area contributed by atoms with E-state index in [0.717, 1.165) is 24.2 Å². The van der Waals surface area contributed by atoms with Crippen molar-refractivity contribution in [2.75, 3.05) is 11.5 Å². The van der Waals surface area contributed by atoms with E-state index in [9.17, 15) is 18.4 Å². The Hall–Kier alpha value is -3.54. The van der Waals surface area contributed by atoms with Crippen molar-refractivity contribution in [3.8, 4) is 5.75 Å². The molecule has 4 rings (SSSR count). The number of unbranched alkanes of at least 4 members (excludes halogenated alkanes) is 1. The van der Waals surface area contributed by atoms with Crippen LogP contribution in [-0.2, 0) is 4.79 Å². The molecule has 0 aromatic heterocycles. The fraction of sp³-hybridized carbons (Fsp3) is 0.286. The Morgan fingerprint density at radius 1 is 0.912 bits per heavy atom. The Labute approximate surface area is 198 Å². The number of nitrogens with zero attached hydrogens (tertiary/aromatic N) is 1. The highest BCUT2D eigenvalue weighted by Crippen LogP contribution is 2.46. The van der Waals surface area contributed by atoms with Gasteiger partial charge in [-0.05, 0) is 79.1 Å².